The van der Waals surface area contributed by atoms with E-state index in [2.05, 4.69) is 5.32 Å². The smallest absolute Gasteiger partial charge is 0.244 e. The molecular weight excluding hydrogens is 369 g/mol. The van der Waals surface area contributed by atoms with Crippen LogP contribution in [0.4, 0.5) is 0 Å². The number of carbonyl (C=O) groups excluding carboxylic acids is 1. The van der Waals surface area contributed by atoms with E-state index in [9.17, 15) is 4.79 Å². The molecule has 136 valence electrons. The number of hydrogen-bond acceptors (Lipinski definition) is 2. The van der Waals surface area contributed by atoms with Gasteiger partial charge in [0, 0.05) is 28.1 Å². The third kappa shape index (κ3) is 4.40. The third-order valence-electron chi connectivity index (χ3n) is 4.32. The number of benzene rings is 2. The highest BCUT2D eigenvalue weighted by atomic mass is 35.5. The van der Waals surface area contributed by atoms with Gasteiger partial charge in [-0.15, -0.1) is 0 Å². The predicted molar refractivity (Wildman–Crippen MR) is 107 cm³/mol. The first-order chi connectivity index (χ1) is 12.2. The van der Waals surface area contributed by atoms with Crippen molar-refractivity contribution in [1.29, 1.82) is 0 Å². The topological polar surface area (TPSA) is 38.3 Å². The summed E-state index contributed by atoms with van der Waals surface area (Å²) in [6, 6.07) is 11.1. The van der Waals surface area contributed by atoms with E-state index in [0.717, 1.165) is 22.4 Å². The number of carbonyl (C=O) groups is 1. The fourth-order valence-corrected chi connectivity index (χ4v) is 3.58. The Morgan fingerprint density at radius 1 is 1.23 bits per heavy atom. The van der Waals surface area contributed by atoms with E-state index in [1.165, 1.54) is 6.08 Å². The Balaban J connectivity index is 1.77. The molecule has 0 aromatic heterocycles. The molecule has 0 aliphatic carbocycles. The number of amides is 1. The van der Waals surface area contributed by atoms with Crippen molar-refractivity contribution in [1.82, 2.24) is 5.32 Å². The number of fused-ring (bicyclic) bond motifs is 1. The molecule has 1 unspecified atom stereocenters. The van der Waals surface area contributed by atoms with Crippen LogP contribution in [-0.2, 0) is 4.79 Å². The van der Waals surface area contributed by atoms with Crippen molar-refractivity contribution in [3.8, 4) is 5.75 Å². The lowest BCUT2D eigenvalue weighted by molar-refractivity contribution is -0.117. The first kappa shape index (κ1) is 18.8. The maximum absolute atomic E-state index is 12.4. The molecule has 1 amide bonds. The van der Waals surface area contributed by atoms with Crippen LogP contribution in [0.2, 0.25) is 10.0 Å². The lowest BCUT2D eigenvalue weighted by Gasteiger charge is -2.38. The second-order valence-corrected chi connectivity index (χ2v) is 8.01. The van der Waals surface area contributed by atoms with E-state index < -0.39 is 0 Å². The quantitative estimate of drug-likeness (QED) is 0.680. The van der Waals surface area contributed by atoms with Crippen molar-refractivity contribution in [3.63, 3.8) is 0 Å². The lowest BCUT2D eigenvalue weighted by Crippen LogP contribution is -2.40. The Morgan fingerprint density at radius 2 is 2.00 bits per heavy atom. The number of aryl methyl sites for hydroxylation is 1. The molecule has 1 N–H and O–H groups in total. The molecule has 2 aromatic carbocycles. The summed E-state index contributed by atoms with van der Waals surface area (Å²) >= 11 is 12.0. The summed E-state index contributed by atoms with van der Waals surface area (Å²) in [5.41, 5.74) is 2.53. The highest BCUT2D eigenvalue weighted by Gasteiger charge is 2.34. The first-order valence-electron chi connectivity index (χ1n) is 8.47. The minimum atomic E-state index is -0.345. The van der Waals surface area contributed by atoms with Gasteiger partial charge in [0.05, 0.1) is 6.04 Å². The van der Waals surface area contributed by atoms with Gasteiger partial charge in [-0.2, -0.15) is 0 Å². The van der Waals surface area contributed by atoms with Crippen molar-refractivity contribution in [2.75, 3.05) is 0 Å². The normalized spacial score (nSPS) is 18.3. The van der Waals surface area contributed by atoms with Crippen LogP contribution >= 0.6 is 23.2 Å². The molecule has 0 bridgehead atoms. The number of nitrogens with one attached hydrogen (secondary N) is 1. The summed E-state index contributed by atoms with van der Waals surface area (Å²) in [5, 5.41) is 4.15. The van der Waals surface area contributed by atoms with Gasteiger partial charge in [0.2, 0.25) is 5.91 Å². The molecule has 1 atom stereocenters. The van der Waals surface area contributed by atoms with Gasteiger partial charge in [0.15, 0.2) is 0 Å². The predicted octanol–water partition coefficient (Wildman–Crippen LogP) is 5.73. The zero-order valence-corrected chi connectivity index (χ0v) is 16.5. The summed E-state index contributed by atoms with van der Waals surface area (Å²) in [6.45, 7) is 6.08. The van der Waals surface area contributed by atoms with Crippen LogP contribution in [0.5, 0.6) is 5.75 Å². The van der Waals surface area contributed by atoms with Crippen LogP contribution in [0.15, 0.2) is 42.5 Å². The van der Waals surface area contributed by atoms with Crippen molar-refractivity contribution < 1.29 is 9.53 Å². The minimum absolute atomic E-state index is 0.104. The molecule has 1 aliphatic heterocycles. The van der Waals surface area contributed by atoms with E-state index in [-0.39, 0.29) is 17.6 Å². The van der Waals surface area contributed by atoms with E-state index >= 15 is 0 Å². The molecule has 1 aliphatic rings. The number of hydrogen-bond donors (Lipinski definition) is 1. The SMILES string of the molecule is Cc1ccc2c(c1)OC(C)(C)CC2NC(=O)/C=C/c1ccc(Cl)cc1Cl. The van der Waals surface area contributed by atoms with Crippen molar-refractivity contribution in [2.24, 2.45) is 0 Å². The second kappa shape index (κ2) is 7.34. The monoisotopic (exact) mass is 389 g/mol. The summed E-state index contributed by atoms with van der Waals surface area (Å²) in [6.07, 6.45) is 3.88. The summed E-state index contributed by atoms with van der Waals surface area (Å²) in [7, 11) is 0. The van der Waals surface area contributed by atoms with Gasteiger partial charge >= 0.3 is 0 Å². The number of ether oxygens (including phenoxy) is 1. The molecule has 0 saturated heterocycles. The van der Waals surface area contributed by atoms with Gasteiger partial charge in [-0.3, -0.25) is 4.79 Å². The van der Waals surface area contributed by atoms with Gasteiger partial charge in [-0.1, -0.05) is 41.4 Å². The Bertz CT molecular complexity index is 874. The maximum Gasteiger partial charge on any atom is 0.244 e. The summed E-state index contributed by atoms with van der Waals surface area (Å²) < 4.78 is 6.07. The summed E-state index contributed by atoms with van der Waals surface area (Å²) in [4.78, 5) is 12.4. The van der Waals surface area contributed by atoms with Gasteiger partial charge < -0.3 is 10.1 Å². The highest BCUT2D eigenvalue weighted by molar-refractivity contribution is 6.35. The molecule has 5 heteroatoms. The van der Waals surface area contributed by atoms with Crippen molar-refractivity contribution in [2.45, 2.75) is 38.8 Å². The Kier molecular flexibility index (Phi) is 5.31. The lowest BCUT2D eigenvalue weighted by atomic mass is 9.89. The average molecular weight is 390 g/mol. The van der Waals surface area contributed by atoms with Crippen LogP contribution in [0.1, 0.15) is 43.0 Å². The van der Waals surface area contributed by atoms with E-state index in [0.29, 0.717) is 16.5 Å². The Hall–Kier alpha value is -1.97. The fraction of sp³-hybridized carbons (Fsp3) is 0.286. The van der Waals surface area contributed by atoms with Gasteiger partial charge in [-0.05, 0) is 56.2 Å². The molecule has 0 spiro atoms. The molecule has 0 fully saturated rings. The molecule has 1 heterocycles. The zero-order valence-electron chi connectivity index (χ0n) is 15.0. The van der Waals surface area contributed by atoms with Gasteiger partial charge in [0.25, 0.3) is 0 Å². The summed E-state index contributed by atoms with van der Waals surface area (Å²) in [5.74, 6) is 0.654. The molecule has 2 aromatic rings. The van der Waals surface area contributed by atoms with E-state index in [1.807, 2.05) is 39.0 Å². The van der Waals surface area contributed by atoms with Crippen molar-refractivity contribution in [3.05, 3.63) is 69.2 Å². The maximum atomic E-state index is 12.4. The molecule has 3 rings (SSSR count). The van der Waals surface area contributed by atoms with Gasteiger partial charge in [0.1, 0.15) is 11.4 Å². The third-order valence-corrected chi connectivity index (χ3v) is 4.88. The van der Waals surface area contributed by atoms with E-state index in [4.69, 9.17) is 27.9 Å². The van der Waals surface area contributed by atoms with Crippen LogP contribution < -0.4 is 10.1 Å². The fourth-order valence-electron chi connectivity index (χ4n) is 3.11. The second-order valence-electron chi connectivity index (χ2n) is 7.17. The van der Waals surface area contributed by atoms with Crippen LogP contribution in [0, 0.1) is 6.92 Å². The van der Waals surface area contributed by atoms with Gasteiger partial charge in [-0.25, -0.2) is 0 Å². The van der Waals surface area contributed by atoms with Crippen LogP contribution in [0.3, 0.4) is 0 Å². The largest absolute Gasteiger partial charge is 0.487 e. The molecule has 0 saturated carbocycles. The average Bonchev–Trinajstić information content (AvgIpc) is 2.52. The first-order valence-corrected chi connectivity index (χ1v) is 9.22. The molecule has 3 nitrogen and oxygen atoms in total. The number of halogens is 2. The zero-order chi connectivity index (χ0) is 18.9. The number of rotatable bonds is 3. The van der Waals surface area contributed by atoms with Crippen LogP contribution in [-0.4, -0.2) is 11.5 Å². The molecule has 0 radical (unpaired) electrons. The Labute approximate surface area is 164 Å². The Morgan fingerprint density at radius 3 is 2.73 bits per heavy atom. The highest BCUT2D eigenvalue weighted by Crippen LogP contribution is 2.39. The van der Waals surface area contributed by atoms with Crippen molar-refractivity contribution >= 4 is 35.2 Å². The van der Waals surface area contributed by atoms with E-state index in [1.54, 1.807) is 24.3 Å². The molecular formula is C21H21Cl2NO2. The molecule has 26 heavy (non-hydrogen) atoms. The van der Waals surface area contributed by atoms with Crippen LogP contribution in [0.25, 0.3) is 6.08 Å². The standard InChI is InChI=1S/C21H21Cl2NO2/c1-13-4-8-16-18(12-21(2,3)26-19(16)10-13)24-20(25)9-6-14-5-7-15(22)11-17(14)23/h4-11,18H,12H2,1-3H3,(H,24,25)/b9-6+. The minimum Gasteiger partial charge on any atom is -0.487 e.